The zero-order valence-electron chi connectivity index (χ0n) is 22.9. The number of aliphatic carboxylic acids is 1. The molecule has 0 radical (unpaired) electrons. The van der Waals surface area contributed by atoms with Crippen molar-refractivity contribution < 1.29 is 24.3 Å². The molecule has 0 aliphatic rings. The largest absolute Gasteiger partial charge is 0.481 e. The molecule has 1 atom stereocenters. The van der Waals surface area contributed by atoms with Crippen molar-refractivity contribution in [3.8, 4) is 0 Å². The Morgan fingerprint density at radius 1 is 0.486 bits per heavy atom. The van der Waals surface area contributed by atoms with Crippen LogP contribution in [0.15, 0.2) is 0 Å². The number of carboxylic acid groups (broad SMARTS) is 1. The normalized spacial score (nSPS) is 11.9. The highest BCUT2D eigenvalue weighted by Gasteiger charge is 2.21. The molecule has 5 heteroatoms. The van der Waals surface area contributed by atoms with Crippen LogP contribution in [0.4, 0.5) is 0 Å². The number of carboxylic acids is 1. The number of carbonyl (C=O) groups is 4. The van der Waals surface area contributed by atoms with Gasteiger partial charge < -0.3 is 14.7 Å². The van der Waals surface area contributed by atoms with Gasteiger partial charge in [0.25, 0.3) is 0 Å². The maximum absolute atomic E-state index is 12.0. The number of carbonyl (C=O) groups excluding carboxylic acids is 3. The summed E-state index contributed by atoms with van der Waals surface area (Å²) in [5.74, 6) is -1.38. The molecule has 0 aliphatic heterocycles. The van der Waals surface area contributed by atoms with Gasteiger partial charge in [-0.1, -0.05) is 103 Å². The van der Waals surface area contributed by atoms with Crippen LogP contribution in [0, 0.1) is 5.92 Å². The summed E-state index contributed by atoms with van der Waals surface area (Å²) in [5, 5.41) is 9.21. The van der Waals surface area contributed by atoms with E-state index in [0.29, 0.717) is 12.2 Å². The van der Waals surface area contributed by atoms with Crippen LogP contribution in [0.3, 0.4) is 0 Å². The van der Waals surface area contributed by atoms with Crippen molar-refractivity contribution in [1.29, 1.82) is 0 Å². The van der Waals surface area contributed by atoms with Crippen LogP contribution in [0.2, 0.25) is 0 Å². The fraction of sp³-hybridized carbons (Fsp3) is 0.867. The first kappa shape index (κ1) is 33.5. The molecule has 0 spiro atoms. The SMILES string of the molecule is CC(=O)CCCCCCCCCCCCCCCCCCCCC(=O)C[C@@H](CCC(C)=O)C(=O)O. The summed E-state index contributed by atoms with van der Waals surface area (Å²) < 4.78 is 0. The second-order valence-corrected chi connectivity index (χ2v) is 10.6. The van der Waals surface area contributed by atoms with Crippen LogP contribution < -0.4 is 0 Å². The maximum Gasteiger partial charge on any atom is 0.306 e. The molecule has 0 aromatic heterocycles. The molecule has 0 heterocycles. The molecule has 0 aromatic rings. The van der Waals surface area contributed by atoms with E-state index >= 15 is 0 Å². The van der Waals surface area contributed by atoms with Crippen LogP contribution in [0.1, 0.15) is 162 Å². The van der Waals surface area contributed by atoms with E-state index in [1.54, 1.807) is 6.92 Å². The second-order valence-electron chi connectivity index (χ2n) is 10.6. The number of hydrogen-bond donors (Lipinski definition) is 1. The predicted octanol–water partition coefficient (Wildman–Crippen LogP) is 8.41. The molecular weight excluding hydrogens is 440 g/mol. The number of rotatable bonds is 27. The van der Waals surface area contributed by atoms with Crippen molar-refractivity contribution in [3.63, 3.8) is 0 Å². The van der Waals surface area contributed by atoms with Gasteiger partial charge in [-0.3, -0.25) is 9.59 Å². The number of unbranched alkanes of at least 4 members (excludes halogenated alkanes) is 17. The lowest BCUT2D eigenvalue weighted by molar-refractivity contribution is -0.144. The quantitative estimate of drug-likeness (QED) is 0.116. The van der Waals surface area contributed by atoms with Gasteiger partial charge in [-0.15, -0.1) is 0 Å². The highest BCUT2D eigenvalue weighted by molar-refractivity contribution is 5.84. The van der Waals surface area contributed by atoms with E-state index in [4.69, 9.17) is 0 Å². The third kappa shape index (κ3) is 25.4. The van der Waals surface area contributed by atoms with E-state index in [1.807, 2.05) is 0 Å². The van der Waals surface area contributed by atoms with Crippen molar-refractivity contribution in [1.82, 2.24) is 0 Å². The Kier molecular flexibility index (Phi) is 23.1. The van der Waals surface area contributed by atoms with Crippen molar-refractivity contribution in [2.24, 2.45) is 5.92 Å². The van der Waals surface area contributed by atoms with Crippen LogP contribution in [-0.2, 0) is 19.2 Å². The molecule has 0 amide bonds. The summed E-state index contributed by atoms with van der Waals surface area (Å²) in [5.41, 5.74) is 0. The first-order chi connectivity index (χ1) is 16.8. The highest BCUT2D eigenvalue weighted by Crippen LogP contribution is 2.17. The van der Waals surface area contributed by atoms with Crippen molar-refractivity contribution in [2.45, 2.75) is 162 Å². The molecule has 0 aromatic carbocycles. The molecule has 0 fully saturated rings. The number of Topliss-reactive ketones (excluding diaryl/α,β-unsaturated/α-hetero) is 3. The summed E-state index contributed by atoms with van der Waals surface area (Å²) in [6, 6.07) is 0. The van der Waals surface area contributed by atoms with E-state index in [1.165, 1.54) is 96.8 Å². The van der Waals surface area contributed by atoms with Gasteiger partial charge in [0, 0.05) is 25.7 Å². The second kappa shape index (κ2) is 24.2. The standard InChI is InChI=1S/C30H54O5/c1-26(31)21-19-17-15-13-11-9-7-5-3-4-6-8-10-12-14-16-18-20-22-29(33)25-28(30(34)35)24-23-27(2)32/h28H,3-25H2,1-2H3,(H,34,35)/t28-/m1/s1. The Morgan fingerprint density at radius 2 is 0.800 bits per heavy atom. The minimum atomic E-state index is -0.968. The van der Waals surface area contributed by atoms with Gasteiger partial charge in [-0.2, -0.15) is 0 Å². The summed E-state index contributed by atoms with van der Waals surface area (Å²) in [4.78, 5) is 45.2. The fourth-order valence-corrected chi connectivity index (χ4v) is 4.59. The third-order valence-corrected chi connectivity index (χ3v) is 6.90. The third-order valence-electron chi connectivity index (χ3n) is 6.90. The first-order valence-electron chi connectivity index (χ1n) is 14.6. The van der Waals surface area contributed by atoms with Crippen LogP contribution in [0.5, 0.6) is 0 Å². The lowest BCUT2D eigenvalue weighted by Crippen LogP contribution is -2.18. The monoisotopic (exact) mass is 494 g/mol. The topological polar surface area (TPSA) is 88.5 Å². The Labute approximate surface area is 215 Å². The van der Waals surface area contributed by atoms with Gasteiger partial charge >= 0.3 is 5.97 Å². The van der Waals surface area contributed by atoms with E-state index < -0.39 is 11.9 Å². The molecule has 0 unspecified atom stereocenters. The Morgan fingerprint density at radius 3 is 1.11 bits per heavy atom. The van der Waals surface area contributed by atoms with Crippen molar-refractivity contribution >= 4 is 23.3 Å². The molecule has 5 nitrogen and oxygen atoms in total. The van der Waals surface area contributed by atoms with E-state index in [9.17, 15) is 24.3 Å². The zero-order chi connectivity index (χ0) is 26.2. The van der Waals surface area contributed by atoms with Crippen molar-refractivity contribution in [3.05, 3.63) is 0 Å². The van der Waals surface area contributed by atoms with Crippen LogP contribution in [-0.4, -0.2) is 28.4 Å². The maximum atomic E-state index is 12.0. The molecule has 204 valence electrons. The lowest BCUT2D eigenvalue weighted by Gasteiger charge is -2.10. The lowest BCUT2D eigenvalue weighted by atomic mass is 9.94. The molecule has 0 saturated heterocycles. The molecule has 35 heavy (non-hydrogen) atoms. The summed E-state index contributed by atoms with van der Waals surface area (Å²) >= 11 is 0. The first-order valence-corrected chi connectivity index (χ1v) is 14.6. The van der Waals surface area contributed by atoms with Gasteiger partial charge in [0.1, 0.15) is 17.3 Å². The van der Waals surface area contributed by atoms with E-state index in [0.717, 1.165) is 32.1 Å². The molecule has 0 bridgehead atoms. The Bertz CT molecular complexity index is 569. The minimum absolute atomic E-state index is 0.0158. The Hall–Kier alpha value is -1.52. The molecule has 0 saturated carbocycles. The van der Waals surface area contributed by atoms with Gasteiger partial charge in [0.15, 0.2) is 0 Å². The predicted molar refractivity (Wildman–Crippen MR) is 144 cm³/mol. The van der Waals surface area contributed by atoms with Gasteiger partial charge in [0.05, 0.1) is 5.92 Å². The number of hydrogen-bond acceptors (Lipinski definition) is 4. The van der Waals surface area contributed by atoms with E-state index in [2.05, 4.69) is 0 Å². The van der Waals surface area contributed by atoms with Gasteiger partial charge in [0.2, 0.25) is 0 Å². The average Bonchev–Trinajstić information content (AvgIpc) is 2.79. The summed E-state index contributed by atoms with van der Waals surface area (Å²) in [6.45, 7) is 3.13. The fourth-order valence-electron chi connectivity index (χ4n) is 4.59. The summed E-state index contributed by atoms with van der Waals surface area (Å²) in [7, 11) is 0. The smallest absolute Gasteiger partial charge is 0.306 e. The molecule has 0 aliphatic carbocycles. The minimum Gasteiger partial charge on any atom is -0.481 e. The van der Waals surface area contributed by atoms with Crippen LogP contribution >= 0.6 is 0 Å². The van der Waals surface area contributed by atoms with Crippen molar-refractivity contribution in [2.75, 3.05) is 0 Å². The average molecular weight is 495 g/mol. The Balaban J connectivity index is 3.35. The molecule has 0 rings (SSSR count). The van der Waals surface area contributed by atoms with Gasteiger partial charge in [-0.25, -0.2) is 0 Å². The van der Waals surface area contributed by atoms with Crippen LogP contribution in [0.25, 0.3) is 0 Å². The number of ketones is 3. The molecular formula is C30H54O5. The zero-order valence-corrected chi connectivity index (χ0v) is 22.9. The van der Waals surface area contributed by atoms with E-state index in [-0.39, 0.29) is 30.8 Å². The molecule has 1 N–H and O–H groups in total. The summed E-state index contributed by atoms with van der Waals surface area (Å²) in [6.07, 6.45) is 24.3. The highest BCUT2D eigenvalue weighted by atomic mass is 16.4. The van der Waals surface area contributed by atoms with Gasteiger partial charge in [-0.05, 0) is 33.1 Å².